The van der Waals surface area contributed by atoms with Crippen LogP contribution in [0.25, 0.3) is 0 Å². The first-order valence-corrected chi connectivity index (χ1v) is 9.68. The lowest BCUT2D eigenvalue weighted by atomic mass is 10.0. The molecule has 1 amide bonds. The van der Waals surface area contributed by atoms with Crippen LogP contribution in [0.2, 0.25) is 0 Å². The van der Waals surface area contributed by atoms with Gasteiger partial charge in [-0.1, -0.05) is 13.0 Å². The molecule has 7 heteroatoms. The number of carbonyl (C=O) groups is 3. The highest BCUT2D eigenvalue weighted by Crippen LogP contribution is 2.26. The van der Waals surface area contributed by atoms with Crippen molar-refractivity contribution in [2.24, 2.45) is 0 Å². The Morgan fingerprint density at radius 1 is 1.10 bits per heavy atom. The molecule has 1 aromatic carbocycles. The summed E-state index contributed by atoms with van der Waals surface area (Å²) in [6.07, 6.45) is 1.23. The molecule has 1 aromatic heterocycles. The minimum atomic E-state index is -0.544. The molecule has 0 radical (unpaired) electrons. The number of aromatic nitrogens is 1. The summed E-state index contributed by atoms with van der Waals surface area (Å²) in [6, 6.07) is 4.98. The monoisotopic (exact) mass is 399 g/mol. The van der Waals surface area contributed by atoms with Crippen molar-refractivity contribution in [3.63, 3.8) is 0 Å². The van der Waals surface area contributed by atoms with E-state index in [1.165, 1.54) is 7.11 Å². The maximum Gasteiger partial charge on any atom is 0.339 e. The molecule has 2 aromatic rings. The van der Waals surface area contributed by atoms with Crippen LogP contribution in [0.15, 0.2) is 18.2 Å². The Bertz CT molecular complexity index is 930. The van der Waals surface area contributed by atoms with Crippen LogP contribution in [-0.4, -0.2) is 35.8 Å². The van der Waals surface area contributed by atoms with Crippen LogP contribution < -0.4 is 10.6 Å². The zero-order valence-corrected chi connectivity index (χ0v) is 17.9. The van der Waals surface area contributed by atoms with Crippen LogP contribution in [0.1, 0.15) is 64.4 Å². The summed E-state index contributed by atoms with van der Waals surface area (Å²) in [4.78, 5) is 39.9. The first-order chi connectivity index (χ1) is 13.7. The van der Waals surface area contributed by atoms with E-state index in [2.05, 4.69) is 15.6 Å². The van der Waals surface area contributed by atoms with Gasteiger partial charge in [0, 0.05) is 23.5 Å². The molecule has 7 nitrogen and oxygen atoms in total. The third-order valence-electron chi connectivity index (χ3n) is 4.92. The van der Waals surface area contributed by atoms with E-state index in [0.29, 0.717) is 34.6 Å². The number of hydrogen-bond donors (Lipinski definition) is 3. The lowest BCUT2D eigenvalue weighted by Crippen LogP contribution is -2.27. The van der Waals surface area contributed by atoms with Gasteiger partial charge >= 0.3 is 5.97 Å². The number of carbonyl (C=O) groups excluding carboxylic acids is 3. The average Bonchev–Trinajstić information content (AvgIpc) is 2.98. The van der Waals surface area contributed by atoms with E-state index in [4.69, 9.17) is 4.74 Å². The molecule has 0 aliphatic carbocycles. The lowest BCUT2D eigenvalue weighted by Gasteiger charge is -2.18. The number of aryl methyl sites for hydroxylation is 1. The molecule has 1 heterocycles. The van der Waals surface area contributed by atoms with E-state index in [1.807, 2.05) is 32.0 Å². The lowest BCUT2D eigenvalue weighted by molar-refractivity contribution is -0.116. The van der Waals surface area contributed by atoms with Crippen LogP contribution in [0.5, 0.6) is 0 Å². The largest absolute Gasteiger partial charge is 0.465 e. The van der Waals surface area contributed by atoms with E-state index in [1.54, 1.807) is 20.8 Å². The molecule has 0 aliphatic rings. The number of methoxy groups -OCH3 is 1. The van der Waals surface area contributed by atoms with Gasteiger partial charge in [-0.25, -0.2) is 4.79 Å². The van der Waals surface area contributed by atoms with Crippen molar-refractivity contribution in [1.82, 2.24) is 4.98 Å². The zero-order chi connectivity index (χ0) is 21.7. The summed E-state index contributed by atoms with van der Waals surface area (Å²) in [5.41, 5.74) is 4.27. The molecular weight excluding hydrogens is 370 g/mol. The molecule has 0 saturated carbocycles. The number of amides is 1. The van der Waals surface area contributed by atoms with Gasteiger partial charge < -0.3 is 20.4 Å². The molecule has 0 fully saturated rings. The number of hydrogen-bond acceptors (Lipinski definition) is 5. The number of ether oxygens (including phenoxy) is 1. The number of esters is 1. The van der Waals surface area contributed by atoms with Gasteiger partial charge in [0.25, 0.3) is 0 Å². The van der Waals surface area contributed by atoms with Gasteiger partial charge in [0.1, 0.15) is 0 Å². The third-order valence-corrected chi connectivity index (χ3v) is 4.92. The smallest absolute Gasteiger partial charge is 0.339 e. The first-order valence-electron chi connectivity index (χ1n) is 9.68. The van der Waals surface area contributed by atoms with E-state index < -0.39 is 12.0 Å². The Morgan fingerprint density at radius 3 is 2.38 bits per heavy atom. The van der Waals surface area contributed by atoms with Gasteiger partial charge in [-0.3, -0.25) is 9.59 Å². The number of benzene rings is 1. The summed E-state index contributed by atoms with van der Waals surface area (Å²) in [6.45, 7) is 9.07. The summed E-state index contributed by atoms with van der Waals surface area (Å²) < 4.78 is 4.80. The standard InChI is InChI=1S/C22H29N3O4/c1-7-9-18(26)25-17-11-8-10-16(12(17)2)23-15(5)21(27)20-13(3)19(14(4)24-20)22(28)29-6/h8,10-11,15,23-24H,7,9H2,1-6H3,(H,25,26). The molecule has 0 aliphatic heterocycles. The highest BCUT2D eigenvalue weighted by atomic mass is 16.5. The van der Waals surface area contributed by atoms with Crippen LogP contribution in [0, 0.1) is 20.8 Å². The second-order valence-electron chi connectivity index (χ2n) is 7.12. The molecular formula is C22H29N3O4. The summed E-state index contributed by atoms with van der Waals surface area (Å²) >= 11 is 0. The summed E-state index contributed by atoms with van der Waals surface area (Å²) in [5, 5.41) is 6.12. The fourth-order valence-electron chi connectivity index (χ4n) is 3.29. The van der Waals surface area contributed by atoms with E-state index >= 15 is 0 Å². The van der Waals surface area contributed by atoms with Crippen molar-refractivity contribution in [2.45, 2.75) is 53.5 Å². The Morgan fingerprint density at radius 2 is 1.76 bits per heavy atom. The maximum atomic E-state index is 13.0. The molecule has 0 spiro atoms. The second-order valence-corrected chi connectivity index (χ2v) is 7.12. The third kappa shape index (κ3) is 4.85. The van der Waals surface area contributed by atoms with Gasteiger partial charge in [-0.05, 0) is 57.4 Å². The minimum Gasteiger partial charge on any atom is -0.465 e. The van der Waals surface area contributed by atoms with Crippen molar-refractivity contribution in [2.75, 3.05) is 17.7 Å². The topological polar surface area (TPSA) is 100 Å². The van der Waals surface area contributed by atoms with Crippen LogP contribution >= 0.6 is 0 Å². The number of H-pyrrole nitrogens is 1. The Labute approximate surface area is 171 Å². The first kappa shape index (κ1) is 22.2. The highest BCUT2D eigenvalue weighted by molar-refractivity contribution is 6.05. The van der Waals surface area contributed by atoms with Crippen LogP contribution in [-0.2, 0) is 9.53 Å². The predicted octanol–water partition coefficient (Wildman–Crippen LogP) is 4.15. The molecule has 156 valence electrons. The fraction of sp³-hybridized carbons (Fsp3) is 0.409. The van der Waals surface area contributed by atoms with Crippen molar-refractivity contribution in [1.29, 1.82) is 0 Å². The number of Topliss-reactive ketones (excluding diaryl/α,β-unsaturated/α-hetero) is 1. The van der Waals surface area contributed by atoms with Crippen LogP contribution in [0.3, 0.4) is 0 Å². The molecule has 1 unspecified atom stereocenters. The highest BCUT2D eigenvalue weighted by Gasteiger charge is 2.25. The second kappa shape index (κ2) is 9.41. The number of rotatable bonds is 8. The number of nitrogens with one attached hydrogen (secondary N) is 3. The summed E-state index contributed by atoms with van der Waals surface area (Å²) in [5.74, 6) is -0.674. The molecule has 29 heavy (non-hydrogen) atoms. The van der Waals surface area contributed by atoms with Crippen molar-refractivity contribution < 1.29 is 19.1 Å². The van der Waals surface area contributed by atoms with Crippen molar-refractivity contribution >= 4 is 29.0 Å². The normalized spacial score (nSPS) is 11.7. The van der Waals surface area contributed by atoms with Crippen molar-refractivity contribution in [3.05, 3.63) is 46.3 Å². The number of anilines is 2. The fourth-order valence-corrected chi connectivity index (χ4v) is 3.29. The number of ketones is 1. The predicted molar refractivity (Wildman–Crippen MR) is 114 cm³/mol. The summed E-state index contributed by atoms with van der Waals surface area (Å²) in [7, 11) is 1.31. The van der Waals surface area contributed by atoms with Gasteiger partial charge in [0.15, 0.2) is 0 Å². The zero-order valence-electron chi connectivity index (χ0n) is 17.9. The Hall–Kier alpha value is -3.09. The SMILES string of the molecule is CCCC(=O)Nc1cccc(NC(C)C(=O)c2[nH]c(C)c(C(=O)OC)c2C)c1C. The quantitative estimate of drug-likeness (QED) is 0.457. The van der Waals surface area contributed by atoms with Gasteiger partial charge in [0.05, 0.1) is 24.4 Å². The molecule has 2 rings (SSSR count). The van der Waals surface area contributed by atoms with Gasteiger partial charge in [-0.15, -0.1) is 0 Å². The van der Waals surface area contributed by atoms with Gasteiger partial charge in [-0.2, -0.15) is 0 Å². The molecule has 3 N–H and O–H groups in total. The van der Waals surface area contributed by atoms with E-state index in [0.717, 1.165) is 17.7 Å². The van der Waals surface area contributed by atoms with Gasteiger partial charge in [0.2, 0.25) is 11.7 Å². The van der Waals surface area contributed by atoms with E-state index in [9.17, 15) is 14.4 Å². The van der Waals surface area contributed by atoms with Crippen LogP contribution in [0.4, 0.5) is 11.4 Å². The minimum absolute atomic E-state index is 0.0373. The average molecular weight is 399 g/mol. The Kier molecular flexibility index (Phi) is 7.20. The molecule has 0 saturated heterocycles. The number of aromatic amines is 1. The molecule has 0 bridgehead atoms. The van der Waals surface area contributed by atoms with Crippen molar-refractivity contribution in [3.8, 4) is 0 Å². The Balaban J connectivity index is 2.23. The van der Waals surface area contributed by atoms with E-state index in [-0.39, 0.29) is 11.7 Å². The molecule has 1 atom stereocenters. The maximum absolute atomic E-state index is 13.0.